The molecule has 4 heteroatoms. The highest BCUT2D eigenvalue weighted by atomic mass is 16.5. The maximum Gasteiger partial charge on any atom is 0.224 e. The van der Waals surface area contributed by atoms with Crippen LogP contribution in [0.4, 0.5) is 5.69 Å². The lowest BCUT2D eigenvalue weighted by molar-refractivity contribution is -0.116. The molecule has 1 amide bonds. The van der Waals surface area contributed by atoms with Gasteiger partial charge < -0.3 is 15.8 Å². The number of carbonyl (C=O) groups excluding carboxylic acids is 1. The first kappa shape index (κ1) is 14.4. The van der Waals surface area contributed by atoms with Gasteiger partial charge in [-0.3, -0.25) is 4.79 Å². The highest BCUT2D eigenvalue weighted by molar-refractivity contribution is 5.93. The van der Waals surface area contributed by atoms with Gasteiger partial charge in [-0.25, -0.2) is 0 Å². The van der Waals surface area contributed by atoms with Gasteiger partial charge in [-0.05, 0) is 48.9 Å². The molecule has 0 aromatic heterocycles. The van der Waals surface area contributed by atoms with Gasteiger partial charge in [0.15, 0.2) is 0 Å². The fraction of sp³-hybridized carbons (Fsp3) is 0.588. The molecule has 1 aromatic rings. The second kappa shape index (κ2) is 6.48. The molecule has 0 bridgehead atoms. The largest absolute Gasteiger partial charge is 0.492 e. The van der Waals surface area contributed by atoms with Crippen molar-refractivity contribution in [3.05, 3.63) is 23.8 Å². The van der Waals surface area contributed by atoms with Gasteiger partial charge in [0.2, 0.25) is 5.91 Å². The van der Waals surface area contributed by atoms with E-state index in [0.717, 1.165) is 23.4 Å². The molecule has 21 heavy (non-hydrogen) atoms. The molecule has 0 saturated heterocycles. The Morgan fingerprint density at radius 2 is 2.05 bits per heavy atom. The van der Waals surface area contributed by atoms with Crippen molar-refractivity contribution in [3.8, 4) is 5.75 Å². The number of hydrogen-bond donors (Lipinski definition) is 2. The molecular formula is C17H24N2O2. The summed E-state index contributed by atoms with van der Waals surface area (Å²) in [6, 6.07) is 6.00. The van der Waals surface area contributed by atoms with Crippen molar-refractivity contribution < 1.29 is 9.53 Å². The van der Waals surface area contributed by atoms with E-state index in [-0.39, 0.29) is 11.9 Å². The van der Waals surface area contributed by atoms with E-state index in [0.29, 0.717) is 18.9 Å². The zero-order chi connectivity index (χ0) is 14.7. The minimum Gasteiger partial charge on any atom is -0.492 e. The molecule has 1 heterocycles. The fourth-order valence-electron chi connectivity index (χ4n) is 3.34. The topological polar surface area (TPSA) is 64.3 Å². The van der Waals surface area contributed by atoms with E-state index in [1.54, 1.807) is 0 Å². The van der Waals surface area contributed by atoms with Crippen LogP contribution in [0.3, 0.4) is 0 Å². The smallest absolute Gasteiger partial charge is 0.224 e. The van der Waals surface area contributed by atoms with E-state index in [2.05, 4.69) is 5.32 Å². The van der Waals surface area contributed by atoms with E-state index in [1.165, 1.54) is 32.1 Å². The molecule has 1 fully saturated rings. The molecule has 1 saturated carbocycles. The average Bonchev–Trinajstić information content (AvgIpc) is 2.53. The average molecular weight is 288 g/mol. The summed E-state index contributed by atoms with van der Waals surface area (Å²) in [6.07, 6.45) is 7.76. The van der Waals surface area contributed by atoms with Crippen molar-refractivity contribution in [2.45, 2.75) is 51.0 Å². The highest BCUT2D eigenvalue weighted by Gasteiger charge is 2.21. The second-order valence-corrected chi connectivity index (χ2v) is 6.24. The number of fused-ring (bicyclic) bond motifs is 1. The number of carbonyl (C=O) groups is 1. The molecule has 4 nitrogen and oxygen atoms in total. The summed E-state index contributed by atoms with van der Waals surface area (Å²) in [5, 5.41) is 2.88. The standard InChI is InChI=1S/C17H24N2O2/c18-15(12-4-2-1-3-5-12)11-21-14-7-8-16-13(10-14)6-9-17(20)19-16/h7-8,10,12,15H,1-6,9,11,18H2,(H,19,20). The third kappa shape index (κ3) is 3.56. The lowest BCUT2D eigenvalue weighted by atomic mass is 9.84. The normalized spacial score (nSPS) is 20.5. The third-order valence-corrected chi connectivity index (χ3v) is 4.67. The summed E-state index contributed by atoms with van der Waals surface area (Å²) in [5.41, 5.74) is 8.33. The van der Waals surface area contributed by atoms with Crippen molar-refractivity contribution in [1.82, 2.24) is 0 Å². The van der Waals surface area contributed by atoms with Crippen LogP contribution in [0.1, 0.15) is 44.1 Å². The van der Waals surface area contributed by atoms with Crippen LogP contribution in [-0.2, 0) is 11.2 Å². The van der Waals surface area contributed by atoms with Gasteiger partial charge >= 0.3 is 0 Å². The number of aryl methyl sites for hydroxylation is 1. The molecule has 1 atom stereocenters. The van der Waals surface area contributed by atoms with Gasteiger partial charge in [0.1, 0.15) is 12.4 Å². The monoisotopic (exact) mass is 288 g/mol. The van der Waals surface area contributed by atoms with Crippen LogP contribution >= 0.6 is 0 Å². The quantitative estimate of drug-likeness (QED) is 0.895. The molecule has 114 valence electrons. The summed E-state index contributed by atoms with van der Waals surface area (Å²) in [5.74, 6) is 1.56. The summed E-state index contributed by atoms with van der Waals surface area (Å²) in [4.78, 5) is 11.3. The summed E-state index contributed by atoms with van der Waals surface area (Å²) < 4.78 is 5.88. The SMILES string of the molecule is NC(COc1ccc2c(c1)CCC(=O)N2)C1CCCCC1. The van der Waals surface area contributed by atoms with Crippen LogP contribution < -0.4 is 15.8 Å². The first-order valence-electron chi connectivity index (χ1n) is 8.03. The van der Waals surface area contributed by atoms with Crippen LogP contribution in [-0.4, -0.2) is 18.6 Å². The number of anilines is 1. The van der Waals surface area contributed by atoms with Gasteiger partial charge in [0.05, 0.1) is 0 Å². The van der Waals surface area contributed by atoms with Crippen molar-refractivity contribution in [3.63, 3.8) is 0 Å². The maximum atomic E-state index is 11.3. The Morgan fingerprint density at radius 3 is 2.86 bits per heavy atom. The third-order valence-electron chi connectivity index (χ3n) is 4.67. The molecular weight excluding hydrogens is 264 g/mol. The highest BCUT2D eigenvalue weighted by Crippen LogP contribution is 2.28. The molecule has 0 spiro atoms. The summed E-state index contributed by atoms with van der Waals surface area (Å²) in [7, 11) is 0. The molecule has 1 aliphatic carbocycles. The number of rotatable bonds is 4. The molecule has 3 rings (SSSR count). The van der Waals surface area contributed by atoms with Crippen molar-refractivity contribution >= 4 is 11.6 Å². The Kier molecular flexibility index (Phi) is 4.44. The number of ether oxygens (including phenoxy) is 1. The van der Waals surface area contributed by atoms with E-state index in [1.807, 2.05) is 18.2 Å². The Balaban J connectivity index is 1.56. The van der Waals surface area contributed by atoms with Gasteiger partial charge in [-0.2, -0.15) is 0 Å². The lowest BCUT2D eigenvalue weighted by Crippen LogP contribution is -2.37. The fourth-order valence-corrected chi connectivity index (χ4v) is 3.34. The van der Waals surface area contributed by atoms with E-state index in [4.69, 9.17) is 10.5 Å². The van der Waals surface area contributed by atoms with E-state index in [9.17, 15) is 4.79 Å². The van der Waals surface area contributed by atoms with Crippen molar-refractivity contribution in [1.29, 1.82) is 0 Å². The van der Waals surface area contributed by atoms with Crippen molar-refractivity contribution in [2.75, 3.05) is 11.9 Å². The molecule has 1 aliphatic heterocycles. The molecule has 2 aliphatic rings. The van der Waals surface area contributed by atoms with E-state index >= 15 is 0 Å². The van der Waals surface area contributed by atoms with Gasteiger partial charge in [-0.15, -0.1) is 0 Å². The lowest BCUT2D eigenvalue weighted by Gasteiger charge is -2.27. The number of nitrogens with two attached hydrogens (primary N) is 1. The second-order valence-electron chi connectivity index (χ2n) is 6.24. The number of amides is 1. The first-order valence-corrected chi connectivity index (χ1v) is 8.03. The predicted octanol–water partition coefficient (Wildman–Crippen LogP) is 2.86. The predicted molar refractivity (Wildman–Crippen MR) is 83.4 cm³/mol. The number of benzene rings is 1. The summed E-state index contributed by atoms with van der Waals surface area (Å²) in [6.45, 7) is 0.579. The molecule has 3 N–H and O–H groups in total. The molecule has 1 unspecified atom stereocenters. The Hall–Kier alpha value is -1.55. The molecule has 1 aromatic carbocycles. The minimum atomic E-state index is 0.0930. The van der Waals surface area contributed by atoms with E-state index < -0.39 is 0 Å². The van der Waals surface area contributed by atoms with Crippen LogP contribution in [0.25, 0.3) is 0 Å². The number of hydrogen-bond acceptors (Lipinski definition) is 3. The van der Waals surface area contributed by atoms with Gasteiger partial charge in [0.25, 0.3) is 0 Å². The van der Waals surface area contributed by atoms with Gasteiger partial charge in [0, 0.05) is 18.2 Å². The van der Waals surface area contributed by atoms with Gasteiger partial charge in [-0.1, -0.05) is 19.3 Å². The van der Waals surface area contributed by atoms with Crippen molar-refractivity contribution in [2.24, 2.45) is 11.7 Å². The minimum absolute atomic E-state index is 0.0930. The summed E-state index contributed by atoms with van der Waals surface area (Å²) >= 11 is 0. The van der Waals surface area contributed by atoms with Crippen LogP contribution in [0.15, 0.2) is 18.2 Å². The Labute approximate surface area is 126 Å². The Bertz CT molecular complexity index is 510. The number of nitrogens with one attached hydrogen (secondary N) is 1. The Morgan fingerprint density at radius 1 is 1.24 bits per heavy atom. The zero-order valence-electron chi connectivity index (χ0n) is 12.4. The van der Waals surface area contributed by atoms with Crippen LogP contribution in [0.2, 0.25) is 0 Å². The maximum absolute atomic E-state index is 11.3. The first-order chi connectivity index (χ1) is 10.2. The zero-order valence-corrected chi connectivity index (χ0v) is 12.4. The van der Waals surface area contributed by atoms with Crippen LogP contribution in [0, 0.1) is 5.92 Å². The molecule has 0 radical (unpaired) electrons. The van der Waals surface area contributed by atoms with Crippen LogP contribution in [0.5, 0.6) is 5.75 Å².